The fourth-order valence-corrected chi connectivity index (χ4v) is 6.61. The SMILES string of the molecule is Cc1cc2ccccc2[cH-]1.Cc1cc2ccccc2[cH-]1.[Cl-].[Cl-].[Zr+2].[Zr+2].[c-]1cccc2c1Cc1ccccc1-2.[c-]1cccc2c1Cc1ccccc1-2. The van der Waals surface area contributed by atoms with Crippen LogP contribution in [0, 0.1) is 26.0 Å². The summed E-state index contributed by atoms with van der Waals surface area (Å²) in [6.45, 7) is 4.25. The molecule has 0 saturated carbocycles. The number of aryl methyl sites for hydroxylation is 2. The number of rotatable bonds is 0. The molecule has 0 unspecified atom stereocenters. The van der Waals surface area contributed by atoms with Gasteiger partial charge in [0.15, 0.2) is 0 Å². The van der Waals surface area contributed by atoms with Crippen LogP contribution in [0.15, 0.2) is 158 Å². The Morgan fingerprint density at radius 2 is 0.800 bits per heavy atom. The molecule has 50 heavy (non-hydrogen) atoms. The zero-order chi connectivity index (χ0) is 31.3. The normalized spacial score (nSPS) is 10.6. The van der Waals surface area contributed by atoms with E-state index in [0.29, 0.717) is 0 Å². The minimum Gasteiger partial charge on any atom is -1.00 e. The predicted octanol–water partition coefficient (Wildman–Crippen LogP) is 5.85. The molecule has 4 heteroatoms. The average Bonchev–Trinajstić information content (AvgIpc) is 3.86. The molecule has 0 radical (unpaired) electrons. The van der Waals surface area contributed by atoms with Crippen molar-refractivity contribution in [1.82, 2.24) is 0 Å². The molecule has 0 fully saturated rings. The van der Waals surface area contributed by atoms with Crippen molar-refractivity contribution < 1.29 is 77.2 Å². The van der Waals surface area contributed by atoms with Crippen LogP contribution in [0.2, 0.25) is 0 Å². The second-order valence-corrected chi connectivity index (χ2v) is 12.1. The average molecular weight is 842 g/mol. The summed E-state index contributed by atoms with van der Waals surface area (Å²) >= 11 is 0. The molecule has 0 bridgehead atoms. The van der Waals surface area contributed by atoms with Crippen LogP contribution in [-0.4, -0.2) is 0 Å². The van der Waals surface area contributed by atoms with Crippen molar-refractivity contribution in [3.63, 3.8) is 0 Å². The van der Waals surface area contributed by atoms with Gasteiger partial charge in [0.2, 0.25) is 0 Å². The van der Waals surface area contributed by atoms with Crippen LogP contribution < -0.4 is 24.8 Å². The summed E-state index contributed by atoms with van der Waals surface area (Å²) in [7, 11) is 0. The Balaban J connectivity index is 0.000000177. The van der Waals surface area contributed by atoms with E-state index in [2.05, 4.69) is 172 Å². The third kappa shape index (κ3) is 9.60. The molecule has 0 amide bonds. The fourth-order valence-electron chi connectivity index (χ4n) is 6.61. The van der Waals surface area contributed by atoms with Gasteiger partial charge >= 0.3 is 52.4 Å². The summed E-state index contributed by atoms with van der Waals surface area (Å²) in [4.78, 5) is 0. The second-order valence-electron chi connectivity index (χ2n) is 12.1. The maximum atomic E-state index is 3.30. The number of benzene rings is 6. The van der Waals surface area contributed by atoms with Crippen molar-refractivity contribution in [1.29, 1.82) is 0 Å². The second kappa shape index (κ2) is 19.5. The standard InChI is InChI=1S/2C13H9.2C10H9.2ClH.2Zr/c2*1-3-7-12-10(5-1)9-11-6-2-4-8-13(11)12;2*1-8-6-9-4-2-3-5-10(9)7-8;;;;/h2*1-5,7-8H,9H2;2*2-7H,1H3;2*1H;;/q4*-1;;;2*+2/p-2. The monoisotopic (exact) mass is 838 g/mol. The van der Waals surface area contributed by atoms with E-state index in [1.54, 1.807) is 0 Å². The van der Waals surface area contributed by atoms with E-state index in [4.69, 9.17) is 0 Å². The summed E-state index contributed by atoms with van der Waals surface area (Å²) in [6.07, 6.45) is 2.10. The molecule has 2 aliphatic rings. The van der Waals surface area contributed by atoms with Crippen molar-refractivity contribution in [2.75, 3.05) is 0 Å². The van der Waals surface area contributed by atoms with Crippen molar-refractivity contribution in [3.05, 3.63) is 203 Å². The third-order valence-corrected chi connectivity index (χ3v) is 8.76. The molecular weight excluding hydrogens is 806 g/mol. The zero-order valence-electron chi connectivity index (χ0n) is 28.2. The topological polar surface area (TPSA) is 0 Å². The molecule has 0 aromatic heterocycles. The molecule has 0 spiro atoms. The summed E-state index contributed by atoms with van der Waals surface area (Å²) in [5.74, 6) is 0. The molecule has 0 N–H and O–H groups in total. The number of fused-ring (bicyclic) bond motifs is 8. The van der Waals surface area contributed by atoms with Crippen LogP contribution in [-0.2, 0) is 65.2 Å². The first-order valence-corrected chi connectivity index (χ1v) is 16.0. The Hall–Kier alpha value is -3.11. The van der Waals surface area contributed by atoms with Gasteiger partial charge in [0, 0.05) is 0 Å². The van der Waals surface area contributed by atoms with Crippen molar-refractivity contribution in [2.24, 2.45) is 0 Å². The maximum Gasteiger partial charge on any atom is 2.00 e. The summed E-state index contributed by atoms with van der Waals surface area (Å²) in [6, 6.07) is 61.9. The molecule has 0 aliphatic heterocycles. The Bertz CT molecular complexity index is 1940. The minimum absolute atomic E-state index is 0. The van der Waals surface area contributed by atoms with Gasteiger partial charge in [-0.3, -0.25) is 0 Å². The van der Waals surface area contributed by atoms with Gasteiger partial charge in [-0.2, -0.15) is 71.8 Å². The Kier molecular flexibility index (Phi) is 16.1. The van der Waals surface area contributed by atoms with Crippen LogP contribution in [0.1, 0.15) is 33.4 Å². The van der Waals surface area contributed by atoms with Crippen LogP contribution in [0.3, 0.4) is 0 Å². The Morgan fingerprint density at radius 3 is 1.22 bits per heavy atom. The van der Waals surface area contributed by atoms with Gasteiger partial charge in [0.05, 0.1) is 0 Å². The van der Waals surface area contributed by atoms with Crippen LogP contribution in [0.25, 0.3) is 43.8 Å². The first-order chi connectivity index (χ1) is 22.6. The van der Waals surface area contributed by atoms with Gasteiger partial charge in [-0.05, 0) is 12.8 Å². The first-order valence-electron chi connectivity index (χ1n) is 16.0. The number of hydrogen-bond acceptors (Lipinski definition) is 0. The number of halogens is 2. The van der Waals surface area contributed by atoms with E-state index >= 15 is 0 Å². The van der Waals surface area contributed by atoms with Crippen molar-refractivity contribution in [3.8, 4) is 22.3 Å². The van der Waals surface area contributed by atoms with E-state index in [9.17, 15) is 0 Å². The Morgan fingerprint density at radius 1 is 0.440 bits per heavy atom. The molecule has 2 aliphatic carbocycles. The molecule has 0 atom stereocenters. The Labute approximate surface area is 347 Å². The van der Waals surface area contributed by atoms with Crippen LogP contribution in [0.5, 0.6) is 0 Å². The summed E-state index contributed by atoms with van der Waals surface area (Å²) in [5.41, 5.74) is 13.7. The van der Waals surface area contributed by atoms with Gasteiger partial charge in [-0.1, -0.05) is 96.8 Å². The minimum atomic E-state index is 0. The van der Waals surface area contributed by atoms with Crippen molar-refractivity contribution in [2.45, 2.75) is 26.7 Å². The molecule has 10 rings (SSSR count). The van der Waals surface area contributed by atoms with Gasteiger partial charge in [0.1, 0.15) is 0 Å². The molecule has 8 aromatic rings. The maximum absolute atomic E-state index is 3.30. The van der Waals surface area contributed by atoms with E-state index < -0.39 is 0 Å². The smallest absolute Gasteiger partial charge is 1.00 e. The van der Waals surface area contributed by atoms with Gasteiger partial charge in [-0.25, -0.2) is 0 Å². The van der Waals surface area contributed by atoms with E-state index in [1.165, 1.54) is 77.2 Å². The molecule has 8 aromatic carbocycles. The quantitative estimate of drug-likeness (QED) is 0.168. The summed E-state index contributed by atoms with van der Waals surface area (Å²) in [5, 5.41) is 5.39. The fraction of sp³-hybridized carbons (Fsp3) is 0.0870. The zero-order valence-corrected chi connectivity index (χ0v) is 34.6. The van der Waals surface area contributed by atoms with Gasteiger partial charge < -0.3 is 24.8 Å². The first kappa shape index (κ1) is 41.3. The molecule has 0 saturated heterocycles. The predicted molar refractivity (Wildman–Crippen MR) is 196 cm³/mol. The van der Waals surface area contributed by atoms with E-state index in [1.807, 2.05) is 12.1 Å². The molecular formula is C46H36Cl2Zr2-2. The molecule has 0 heterocycles. The molecule has 244 valence electrons. The van der Waals surface area contributed by atoms with Crippen LogP contribution in [0.4, 0.5) is 0 Å². The largest absolute Gasteiger partial charge is 2.00 e. The molecule has 0 nitrogen and oxygen atoms in total. The number of hydrogen-bond donors (Lipinski definition) is 0. The van der Waals surface area contributed by atoms with Crippen molar-refractivity contribution >= 4 is 21.5 Å². The van der Waals surface area contributed by atoms with E-state index in [0.717, 1.165) is 12.8 Å². The van der Waals surface area contributed by atoms with Gasteiger partial charge in [0.25, 0.3) is 0 Å². The van der Waals surface area contributed by atoms with Crippen LogP contribution >= 0.6 is 0 Å². The van der Waals surface area contributed by atoms with Gasteiger partial charge in [-0.15, -0.1) is 92.3 Å². The third-order valence-electron chi connectivity index (χ3n) is 8.76. The summed E-state index contributed by atoms with van der Waals surface area (Å²) < 4.78 is 0. The van der Waals surface area contributed by atoms with E-state index in [-0.39, 0.29) is 77.2 Å².